The number of carbonyl (C=O) groups is 1. The molecule has 0 aromatic heterocycles. The van der Waals surface area contributed by atoms with E-state index >= 15 is 0 Å². The lowest BCUT2D eigenvalue weighted by atomic mass is 9.75. The third-order valence-corrected chi connectivity index (χ3v) is 4.86. The molecule has 0 atom stereocenters. The predicted octanol–water partition coefficient (Wildman–Crippen LogP) is 1.86. The smallest absolute Gasteiger partial charge is 0.266 e. The lowest BCUT2D eigenvalue weighted by Gasteiger charge is -2.36. The second-order valence-electron chi connectivity index (χ2n) is 6.88. The van der Waals surface area contributed by atoms with Gasteiger partial charge in [-0.05, 0) is 43.8 Å². The van der Waals surface area contributed by atoms with Crippen molar-refractivity contribution in [3.63, 3.8) is 0 Å². The summed E-state index contributed by atoms with van der Waals surface area (Å²) in [5, 5.41) is 11.8. The highest BCUT2D eigenvalue weighted by molar-refractivity contribution is 7.85. The Morgan fingerprint density at radius 3 is 2.44 bits per heavy atom. The van der Waals surface area contributed by atoms with Crippen LogP contribution in [-0.2, 0) is 14.9 Å². The summed E-state index contributed by atoms with van der Waals surface area (Å²) < 4.78 is 30.2. The van der Waals surface area contributed by atoms with Crippen molar-refractivity contribution in [1.29, 1.82) is 5.26 Å². The molecule has 1 aliphatic rings. The maximum Gasteiger partial charge on any atom is 0.266 e. The molecule has 0 spiro atoms. The maximum atomic E-state index is 12.3. The molecule has 8 heteroatoms. The summed E-state index contributed by atoms with van der Waals surface area (Å²) in [5.41, 5.74) is 1.66. The molecule has 1 rings (SSSR count). The zero-order chi connectivity index (χ0) is 19.3. The third-order valence-electron chi connectivity index (χ3n) is 4.14. The molecule has 7 nitrogen and oxygen atoms in total. The summed E-state index contributed by atoms with van der Waals surface area (Å²) in [5.74, 6) is -1.20. The molecule has 0 saturated carbocycles. The van der Waals surface area contributed by atoms with Gasteiger partial charge in [0.25, 0.3) is 16.0 Å². The van der Waals surface area contributed by atoms with Gasteiger partial charge in [-0.15, -0.1) is 0 Å². The van der Waals surface area contributed by atoms with Crippen molar-refractivity contribution in [1.82, 2.24) is 10.2 Å². The Kier molecular flexibility index (Phi) is 7.20. The monoisotopic (exact) mass is 369 g/mol. The molecule has 0 heterocycles. The van der Waals surface area contributed by atoms with Crippen molar-refractivity contribution in [3.8, 4) is 6.07 Å². The van der Waals surface area contributed by atoms with Gasteiger partial charge < -0.3 is 10.2 Å². The van der Waals surface area contributed by atoms with E-state index in [-0.39, 0.29) is 17.5 Å². The van der Waals surface area contributed by atoms with Gasteiger partial charge in [-0.2, -0.15) is 13.7 Å². The molecule has 25 heavy (non-hydrogen) atoms. The summed E-state index contributed by atoms with van der Waals surface area (Å²) in [6.45, 7) is 9.74. The number of rotatable bonds is 7. The van der Waals surface area contributed by atoms with Crippen molar-refractivity contribution in [3.05, 3.63) is 22.9 Å². The fourth-order valence-electron chi connectivity index (χ4n) is 3.02. The van der Waals surface area contributed by atoms with Crippen molar-refractivity contribution in [2.45, 2.75) is 40.5 Å². The lowest BCUT2D eigenvalue weighted by Crippen LogP contribution is -2.32. The minimum Gasteiger partial charge on any atom is -0.375 e. The Labute approximate surface area is 150 Å². The highest BCUT2D eigenvalue weighted by atomic mass is 32.2. The quantitative estimate of drug-likeness (QED) is 0.402. The number of nitriles is 1. The first-order chi connectivity index (χ1) is 11.5. The summed E-state index contributed by atoms with van der Waals surface area (Å²) in [4.78, 5) is 14.5. The van der Waals surface area contributed by atoms with Gasteiger partial charge >= 0.3 is 0 Å². The Hall–Kier alpha value is -1.85. The van der Waals surface area contributed by atoms with Gasteiger partial charge in [0, 0.05) is 25.3 Å². The molecule has 0 radical (unpaired) electrons. The van der Waals surface area contributed by atoms with Crippen LogP contribution in [0.25, 0.3) is 0 Å². The van der Waals surface area contributed by atoms with E-state index in [0.717, 1.165) is 25.2 Å². The minimum absolute atomic E-state index is 0.00670. The van der Waals surface area contributed by atoms with Crippen LogP contribution in [0.1, 0.15) is 40.5 Å². The topological polar surface area (TPSA) is 111 Å². The van der Waals surface area contributed by atoms with Gasteiger partial charge in [-0.1, -0.05) is 13.8 Å². The van der Waals surface area contributed by atoms with E-state index in [1.165, 1.54) is 0 Å². The standard InChI is InChI=1S/C17H27N3O4S/c1-5-20(6-2)14-9-13(10-17(3,4)11-14)15(12-18)16(21)19-7-8-25(22,23)24/h9H,5-8,10-11H2,1-4H3,(H,19,21)(H,22,23,24)/b15-13+. The van der Waals surface area contributed by atoms with Crippen molar-refractivity contribution in [2.75, 3.05) is 25.4 Å². The molecule has 0 aromatic carbocycles. The van der Waals surface area contributed by atoms with Gasteiger partial charge in [0.1, 0.15) is 11.6 Å². The Balaban J connectivity index is 3.13. The number of hydrogen-bond donors (Lipinski definition) is 2. The number of nitrogens with one attached hydrogen (secondary N) is 1. The van der Waals surface area contributed by atoms with E-state index < -0.39 is 21.8 Å². The molecule has 0 aliphatic heterocycles. The number of hydrogen-bond acceptors (Lipinski definition) is 5. The average Bonchev–Trinajstić information content (AvgIpc) is 2.46. The van der Waals surface area contributed by atoms with Crippen LogP contribution in [0.15, 0.2) is 22.9 Å². The highest BCUT2D eigenvalue weighted by Gasteiger charge is 2.30. The van der Waals surface area contributed by atoms with Crippen LogP contribution in [-0.4, -0.2) is 49.2 Å². The van der Waals surface area contributed by atoms with Gasteiger partial charge in [0.15, 0.2) is 0 Å². The predicted molar refractivity (Wildman–Crippen MR) is 96.1 cm³/mol. The summed E-state index contributed by atoms with van der Waals surface area (Å²) in [7, 11) is -4.15. The maximum absolute atomic E-state index is 12.3. The molecule has 1 aliphatic carbocycles. The number of nitrogens with zero attached hydrogens (tertiary/aromatic N) is 2. The Morgan fingerprint density at radius 2 is 1.96 bits per heavy atom. The van der Waals surface area contributed by atoms with Crippen LogP contribution in [0.5, 0.6) is 0 Å². The van der Waals surface area contributed by atoms with Crippen LogP contribution in [0.3, 0.4) is 0 Å². The SMILES string of the molecule is CCN(CC)C1=C/C(=C(/C#N)C(=O)NCCS(=O)(=O)O)CC(C)(C)C1. The van der Waals surface area contributed by atoms with Crippen molar-refractivity contribution in [2.24, 2.45) is 5.41 Å². The molecule has 0 unspecified atom stereocenters. The largest absolute Gasteiger partial charge is 0.375 e. The van der Waals surface area contributed by atoms with Crippen molar-refractivity contribution < 1.29 is 17.8 Å². The van der Waals surface area contributed by atoms with Crippen molar-refractivity contribution >= 4 is 16.0 Å². The van der Waals surface area contributed by atoms with Crippen LogP contribution < -0.4 is 5.32 Å². The van der Waals surface area contributed by atoms with E-state index in [1.807, 2.05) is 12.1 Å². The first-order valence-corrected chi connectivity index (χ1v) is 9.96. The van der Waals surface area contributed by atoms with E-state index in [4.69, 9.17) is 4.55 Å². The first-order valence-electron chi connectivity index (χ1n) is 8.35. The lowest BCUT2D eigenvalue weighted by molar-refractivity contribution is -0.117. The van der Waals surface area contributed by atoms with Gasteiger partial charge in [-0.3, -0.25) is 9.35 Å². The van der Waals surface area contributed by atoms with Crippen LogP contribution in [0.4, 0.5) is 0 Å². The Bertz CT molecular complexity index is 711. The van der Waals surface area contributed by atoms with Crippen LogP contribution >= 0.6 is 0 Å². The highest BCUT2D eigenvalue weighted by Crippen LogP contribution is 2.40. The molecule has 0 saturated heterocycles. The summed E-state index contributed by atoms with van der Waals surface area (Å²) in [6, 6.07) is 1.95. The second-order valence-corrected chi connectivity index (χ2v) is 8.45. The van der Waals surface area contributed by atoms with Gasteiger partial charge in [-0.25, -0.2) is 0 Å². The molecule has 140 valence electrons. The van der Waals surface area contributed by atoms with Gasteiger partial charge in [0.2, 0.25) is 0 Å². The van der Waals surface area contributed by atoms with E-state index in [2.05, 4.69) is 37.9 Å². The first kappa shape index (κ1) is 21.2. The third kappa shape index (κ3) is 6.52. The van der Waals surface area contributed by atoms with E-state index in [9.17, 15) is 18.5 Å². The summed E-state index contributed by atoms with van der Waals surface area (Å²) >= 11 is 0. The molecular formula is C17H27N3O4S. The molecule has 0 fully saturated rings. The summed E-state index contributed by atoms with van der Waals surface area (Å²) in [6.07, 6.45) is 3.35. The van der Waals surface area contributed by atoms with Crippen LogP contribution in [0.2, 0.25) is 0 Å². The van der Waals surface area contributed by atoms with E-state index in [1.54, 1.807) is 0 Å². The Morgan fingerprint density at radius 1 is 1.36 bits per heavy atom. The normalized spacial score (nSPS) is 18.8. The molecule has 1 amide bonds. The zero-order valence-electron chi connectivity index (χ0n) is 15.3. The van der Waals surface area contributed by atoms with E-state index in [0.29, 0.717) is 12.0 Å². The van der Waals surface area contributed by atoms with Crippen LogP contribution in [0, 0.1) is 16.7 Å². The second kappa shape index (κ2) is 8.50. The minimum atomic E-state index is -4.15. The number of amides is 1. The molecule has 0 bridgehead atoms. The fourth-order valence-corrected chi connectivity index (χ4v) is 3.38. The van der Waals surface area contributed by atoms with Gasteiger partial charge in [0.05, 0.1) is 5.75 Å². The molecule has 2 N–H and O–H groups in total. The fraction of sp³-hybridized carbons (Fsp3) is 0.647. The number of allylic oxidation sites excluding steroid dienone is 3. The number of carbonyl (C=O) groups excluding carboxylic acids is 1. The molecular weight excluding hydrogens is 342 g/mol. The average molecular weight is 369 g/mol. The zero-order valence-corrected chi connectivity index (χ0v) is 16.1. The molecule has 0 aromatic rings.